The van der Waals surface area contributed by atoms with Crippen molar-refractivity contribution in [3.05, 3.63) is 81.3 Å². The fourth-order valence-electron chi connectivity index (χ4n) is 4.10. The molecule has 0 bridgehead atoms. The third kappa shape index (κ3) is 3.75. The van der Waals surface area contributed by atoms with E-state index in [9.17, 15) is 14.7 Å². The highest BCUT2D eigenvalue weighted by Gasteiger charge is 2.44. The van der Waals surface area contributed by atoms with Crippen molar-refractivity contribution in [3.63, 3.8) is 0 Å². The number of para-hydroxylation sites is 1. The van der Waals surface area contributed by atoms with Gasteiger partial charge in [-0.1, -0.05) is 32.0 Å². The van der Waals surface area contributed by atoms with Gasteiger partial charge in [-0.15, -0.1) is 11.3 Å². The molecule has 6 nitrogen and oxygen atoms in total. The number of methoxy groups -OCH3 is 1. The molecule has 0 aliphatic heterocycles. The van der Waals surface area contributed by atoms with Crippen LogP contribution in [-0.4, -0.2) is 29.1 Å². The van der Waals surface area contributed by atoms with Crippen molar-refractivity contribution in [2.45, 2.75) is 37.7 Å². The van der Waals surface area contributed by atoms with Gasteiger partial charge in [0.25, 0.3) is 5.91 Å². The zero-order chi connectivity index (χ0) is 22.2. The van der Waals surface area contributed by atoms with Crippen molar-refractivity contribution in [2.75, 3.05) is 12.4 Å². The lowest BCUT2D eigenvalue weighted by Crippen LogP contribution is -2.38. The minimum absolute atomic E-state index is 0.134. The number of hydrogen-bond acceptors (Lipinski definition) is 6. The lowest BCUT2D eigenvalue weighted by Gasteiger charge is -2.41. The number of hydrogen-bond donors (Lipinski definition) is 2. The summed E-state index contributed by atoms with van der Waals surface area (Å²) in [5.41, 5.74) is 1.37. The van der Waals surface area contributed by atoms with E-state index in [0.717, 1.165) is 12.0 Å². The maximum atomic E-state index is 13.1. The van der Waals surface area contributed by atoms with Crippen LogP contribution in [0.15, 0.2) is 54.0 Å². The van der Waals surface area contributed by atoms with E-state index >= 15 is 0 Å². The number of fused-ring (bicyclic) bond motifs is 1. The molecule has 0 radical (unpaired) electrons. The maximum Gasteiger partial charge on any atom is 0.339 e. The summed E-state index contributed by atoms with van der Waals surface area (Å²) in [6.07, 6.45) is 3.00. The number of nitrogens with one attached hydrogen (secondary N) is 1. The van der Waals surface area contributed by atoms with Gasteiger partial charge in [0, 0.05) is 17.1 Å². The number of aliphatic hydroxyl groups is 1. The predicted molar refractivity (Wildman–Crippen MR) is 120 cm³/mol. The molecule has 1 aromatic heterocycles. The molecule has 7 heteroatoms. The van der Waals surface area contributed by atoms with E-state index in [4.69, 9.17) is 4.74 Å². The van der Waals surface area contributed by atoms with Crippen LogP contribution in [-0.2, 0) is 15.8 Å². The number of carbonyl (C=O) groups excluding carboxylic acids is 2. The molecule has 0 spiro atoms. The van der Waals surface area contributed by atoms with E-state index in [1.807, 2.05) is 11.4 Å². The lowest BCUT2D eigenvalue weighted by molar-refractivity contribution is 0.0493. The molecule has 1 aliphatic carbocycles. The van der Waals surface area contributed by atoms with Gasteiger partial charge >= 0.3 is 5.97 Å². The average Bonchev–Trinajstić information content (AvgIpc) is 3.32. The van der Waals surface area contributed by atoms with Crippen molar-refractivity contribution in [3.8, 4) is 0 Å². The van der Waals surface area contributed by atoms with Gasteiger partial charge in [0.05, 0.1) is 18.4 Å². The molecule has 2 aromatic carbocycles. The molecule has 1 aliphatic rings. The first-order valence-electron chi connectivity index (χ1n) is 10.0. The summed E-state index contributed by atoms with van der Waals surface area (Å²) in [6, 6.07) is 12.1. The molecule has 1 amide bonds. The smallest absolute Gasteiger partial charge is 0.339 e. The summed E-state index contributed by atoms with van der Waals surface area (Å²) in [5, 5.41) is 16.9. The first-order chi connectivity index (χ1) is 14.8. The normalized spacial score (nSPS) is 19.4. The zero-order valence-corrected chi connectivity index (χ0v) is 18.5. The van der Waals surface area contributed by atoms with Crippen LogP contribution < -0.4 is 5.32 Å². The number of esters is 1. The number of rotatable bonds is 4. The summed E-state index contributed by atoms with van der Waals surface area (Å²) in [6.45, 7) is 4.28. The van der Waals surface area contributed by atoms with Crippen LogP contribution in [0.4, 0.5) is 5.69 Å². The highest BCUT2D eigenvalue weighted by atomic mass is 32.1. The van der Waals surface area contributed by atoms with E-state index in [0.29, 0.717) is 28.2 Å². The third-order valence-corrected chi connectivity index (χ3v) is 6.86. The number of thiazole rings is 1. The molecule has 1 heterocycles. The number of nitrogens with zero attached hydrogens (tertiary/aromatic N) is 1. The van der Waals surface area contributed by atoms with Crippen LogP contribution in [0.5, 0.6) is 0 Å². The molecule has 31 heavy (non-hydrogen) atoms. The Morgan fingerprint density at radius 3 is 2.61 bits per heavy atom. The monoisotopic (exact) mass is 436 g/mol. The Bertz CT molecular complexity index is 1140. The second-order valence-electron chi connectivity index (χ2n) is 8.33. The Labute approximate surface area is 184 Å². The van der Waals surface area contributed by atoms with E-state index < -0.39 is 11.6 Å². The van der Waals surface area contributed by atoms with Gasteiger partial charge in [-0.3, -0.25) is 4.79 Å². The number of aromatic nitrogens is 1. The zero-order valence-electron chi connectivity index (χ0n) is 17.6. The fourth-order valence-corrected chi connectivity index (χ4v) is 4.88. The van der Waals surface area contributed by atoms with Crippen molar-refractivity contribution < 1.29 is 19.4 Å². The lowest BCUT2D eigenvalue weighted by atomic mass is 9.66. The molecule has 160 valence electrons. The average molecular weight is 437 g/mol. The second kappa shape index (κ2) is 7.90. The van der Waals surface area contributed by atoms with Gasteiger partial charge in [-0.2, -0.15) is 0 Å². The molecule has 1 atom stereocenters. The molecule has 0 saturated heterocycles. The Kier molecular flexibility index (Phi) is 5.41. The highest BCUT2D eigenvalue weighted by molar-refractivity contribution is 7.09. The molecule has 3 aromatic rings. The summed E-state index contributed by atoms with van der Waals surface area (Å²) in [4.78, 5) is 29.4. The van der Waals surface area contributed by atoms with E-state index in [-0.39, 0.29) is 16.9 Å². The first-order valence-corrected chi connectivity index (χ1v) is 10.9. The second-order valence-corrected chi connectivity index (χ2v) is 9.23. The number of anilines is 1. The molecule has 4 rings (SSSR count). The van der Waals surface area contributed by atoms with Crippen LogP contribution in [0, 0.1) is 0 Å². The minimum atomic E-state index is -1.24. The van der Waals surface area contributed by atoms with Gasteiger partial charge in [-0.05, 0) is 53.6 Å². The van der Waals surface area contributed by atoms with Crippen LogP contribution in [0.25, 0.3) is 0 Å². The number of amides is 1. The van der Waals surface area contributed by atoms with Gasteiger partial charge in [0.1, 0.15) is 10.6 Å². The summed E-state index contributed by atoms with van der Waals surface area (Å²) in [7, 11) is 1.30. The maximum absolute atomic E-state index is 13.1. The molecule has 0 saturated carbocycles. The summed E-state index contributed by atoms with van der Waals surface area (Å²) >= 11 is 1.40. The Morgan fingerprint density at radius 2 is 1.90 bits per heavy atom. The minimum Gasteiger partial charge on any atom is -0.465 e. The Hall–Kier alpha value is -3.03. The molecule has 0 fully saturated rings. The topological polar surface area (TPSA) is 88.5 Å². The molecular formula is C24H24N2O4S. The van der Waals surface area contributed by atoms with E-state index in [2.05, 4.69) is 24.1 Å². The number of ether oxygens (including phenoxy) is 1. The van der Waals surface area contributed by atoms with Gasteiger partial charge < -0.3 is 15.2 Å². The van der Waals surface area contributed by atoms with E-state index in [1.165, 1.54) is 18.4 Å². The predicted octanol–water partition coefficient (Wildman–Crippen LogP) is 4.49. The quantitative estimate of drug-likeness (QED) is 0.589. The van der Waals surface area contributed by atoms with Gasteiger partial charge in [0.2, 0.25) is 0 Å². The van der Waals surface area contributed by atoms with Crippen LogP contribution in [0.1, 0.15) is 63.5 Å². The SMILES string of the molecule is COC(=O)c1ccccc1NC(=O)c1ccc2c(c1)C(O)(c1nccs1)CCC2(C)C. The summed E-state index contributed by atoms with van der Waals surface area (Å²) in [5.74, 6) is -0.898. The largest absolute Gasteiger partial charge is 0.465 e. The standard InChI is InChI=1S/C24H24N2O4S/c1-23(2)10-11-24(29,22-25-12-13-31-22)18-14-15(8-9-17(18)23)20(27)26-19-7-5-4-6-16(19)21(28)30-3/h4-9,12-14,29H,10-11H2,1-3H3,(H,26,27). The highest BCUT2D eigenvalue weighted by Crippen LogP contribution is 2.48. The van der Waals surface area contributed by atoms with Crippen LogP contribution in [0.2, 0.25) is 0 Å². The Balaban J connectivity index is 1.74. The summed E-state index contributed by atoms with van der Waals surface area (Å²) < 4.78 is 4.80. The van der Waals surface area contributed by atoms with E-state index in [1.54, 1.807) is 42.6 Å². The van der Waals surface area contributed by atoms with Crippen molar-refractivity contribution in [1.82, 2.24) is 4.98 Å². The fraction of sp³-hybridized carbons (Fsp3) is 0.292. The first kappa shape index (κ1) is 21.2. The van der Waals surface area contributed by atoms with Crippen molar-refractivity contribution in [2.24, 2.45) is 0 Å². The van der Waals surface area contributed by atoms with Crippen molar-refractivity contribution in [1.29, 1.82) is 0 Å². The van der Waals surface area contributed by atoms with Crippen LogP contribution in [0.3, 0.4) is 0 Å². The van der Waals surface area contributed by atoms with Crippen LogP contribution >= 0.6 is 11.3 Å². The molecule has 2 N–H and O–H groups in total. The van der Waals surface area contributed by atoms with Gasteiger partial charge in [-0.25, -0.2) is 9.78 Å². The third-order valence-electron chi connectivity index (χ3n) is 5.93. The Morgan fingerprint density at radius 1 is 1.13 bits per heavy atom. The molecular weight excluding hydrogens is 412 g/mol. The number of benzene rings is 2. The van der Waals surface area contributed by atoms with Crippen molar-refractivity contribution >= 4 is 28.9 Å². The number of carbonyl (C=O) groups is 2. The molecule has 1 unspecified atom stereocenters. The van der Waals surface area contributed by atoms with Gasteiger partial charge in [0.15, 0.2) is 0 Å².